The topological polar surface area (TPSA) is 98.9 Å². The van der Waals surface area contributed by atoms with Crippen molar-refractivity contribution in [1.29, 1.82) is 5.26 Å². The highest BCUT2D eigenvalue weighted by Crippen LogP contribution is 2.23. The Morgan fingerprint density at radius 1 is 1.21 bits per heavy atom. The number of pyridine rings is 2. The van der Waals surface area contributed by atoms with Gasteiger partial charge in [0.15, 0.2) is 0 Å². The van der Waals surface area contributed by atoms with Crippen LogP contribution in [0.25, 0.3) is 10.9 Å². The lowest BCUT2D eigenvalue weighted by atomic mass is 9.92. The van der Waals surface area contributed by atoms with Gasteiger partial charge in [-0.15, -0.1) is 0 Å². The average molecular weight is 386 g/mol. The van der Waals surface area contributed by atoms with Crippen molar-refractivity contribution in [2.75, 3.05) is 0 Å². The third kappa shape index (κ3) is 4.25. The molecule has 2 aromatic heterocycles. The molecule has 1 aliphatic rings. The first kappa shape index (κ1) is 19.0. The van der Waals surface area contributed by atoms with Crippen molar-refractivity contribution in [3.63, 3.8) is 0 Å². The standard InChI is InChI=1S/C23H22N4O2/c24-13-17-10-9-15(14-25-17)11-16-12-21(26-19-6-2-1-5-18(16)19)23(29)27-20-7-3-4-8-22(20)28/h1-2,5-6,9-10,12,14,20,22,28H,3-4,7-8,11H2,(H,27,29)/t20-,22-/m0/s1. The van der Waals surface area contributed by atoms with E-state index in [2.05, 4.69) is 15.3 Å². The summed E-state index contributed by atoms with van der Waals surface area (Å²) in [5.74, 6) is -0.263. The van der Waals surface area contributed by atoms with Gasteiger partial charge in [-0.05, 0) is 48.6 Å². The Kier molecular flexibility index (Phi) is 5.50. The van der Waals surface area contributed by atoms with Crippen LogP contribution in [0.15, 0.2) is 48.7 Å². The molecule has 1 aliphatic carbocycles. The molecule has 0 saturated heterocycles. The Hall–Kier alpha value is -3.30. The minimum absolute atomic E-state index is 0.226. The fourth-order valence-electron chi connectivity index (χ4n) is 3.85. The summed E-state index contributed by atoms with van der Waals surface area (Å²) in [6, 6.07) is 14.9. The first-order valence-electron chi connectivity index (χ1n) is 9.86. The molecule has 0 unspecified atom stereocenters. The number of hydrogen-bond acceptors (Lipinski definition) is 5. The number of aliphatic hydroxyl groups excluding tert-OH is 1. The van der Waals surface area contributed by atoms with Crippen LogP contribution in [0, 0.1) is 11.3 Å². The zero-order valence-electron chi connectivity index (χ0n) is 16.0. The van der Waals surface area contributed by atoms with Gasteiger partial charge in [0.1, 0.15) is 17.5 Å². The number of aliphatic hydroxyl groups is 1. The SMILES string of the molecule is N#Cc1ccc(Cc2cc(C(=O)N[C@H]3CCCC[C@@H]3O)nc3ccccc23)cn1. The molecule has 2 N–H and O–H groups in total. The van der Waals surface area contributed by atoms with Gasteiger partial charge in [-0.3, -0.25) is 4.79 Å². The smallest absolute Gasteiger partial charge is 0.270 e. The van der Waals surface area contributed by atoms with Crippen molar-refractivity contribution in [3.8, 4) is 6.07 Å². The van der Waals surface area contributed by atoms with Gasteiger partial charge in [-0.1, -0.05) is 37.1 Å². The van der Waals surface area contributed by atoms with Crippen LogP contribution in [0.5, 0.6) is 0 Å². The van der Waals surface area contributed by atoms with Crippen LogP contribution in [0.2, 0.25) is 0 Å². The summed E-state index contributed by atoms with van der Waals surface area (Å²) in [7, 11) is 0. The van der Waals surface area contributed by atoms with E-state index in [0.29, 0.717) is 24.2 Å². The molecule has 1 fully saturated rings. The fraction of sp³-hybridized carbons (Fsp3) is 0.304. The van der Waals surface area contributed by atoms with Crippen molar-refractivity contribution in [2.24, 2.45) is 0 Å². The number of carbonyl (C=O) groups excluding carboxylic acids is 1. The molecule has 0 bridgehead atoms. The number of nitriles is 1. The van der Waals surface area contributed by atoms with Gasteiger partial charge >= 0.3 is 0 Å². The van der Waals surface area contributed by atoms with E-state index in [0.717, 1.165) is 41.3 Å². The Balaban J connectivity index is 1.64. The van der Waals surface area contributed by atoms with Crippen LogP contribution in [0.4, 0.5) is 0 Å². The first-order chi connectivity index (χ1) is 14.1. The average Bonchev–Trinajstić information content (AvgIpc) is 2.76. The lowest BCUT2D eigenvalue weighted by Gasteiger charge is -2.28. The number of nitrogens with one attached hydrogen (secondary N) is 1. The zero-order valence-corrected chi connectivity index (χ0v) is 16.0. The highest BCUT2D eigenvalue weighted by molar-refractivity contribution is 5.96. The molecule has 6 nitrogen and oxygen atoms in total. The summed E-state index contributed by atoms with van der Waals surface area (Å²) in [6.45, 7) is 0. The zero-order chi connectivity index (χ0) is 20.2. The molecular formula is C23H22N4O2. The van der Waals surface area contributed by atoms with Crippen molar-refractivity contribution >= 4 is 16.8 Å². The predicted octanol–water partition coefficient (Wildman–Crippen LogP) is 3.13. The second-order valence-electron chi connectivity index (χ2n) is 7.46. The van der Waals surface area contributed by atoms with Crippen molar-refractivity contribution < 1.29 is 9.90 Å². The Labute approximate surface area is 169 Å². The maximum absolute atomic E-state index is 12.9. The number of fused-ring (bicyclic) bond motifs is 1. The summed E-state index contributed by atoms with van der Waals surface area (Å²) < 4.78 is 0. The predicted molar refractivity (Wildman–Crippen MR) is 109 cm³/mol. The summed E-state index contributed by atoms with van der Waals surface area (Å²) in [5, 5.41) is 23.0. The van der Waals surface area contributed by atoms with E-state index in [9.17, 15) is 9.90 Å². The van der Waals surface area contributed by atoms with Gasteiger partial charge in [0, 0.05) is 11.6 Å². The summed E-state index contributed by atoms with van der Waals surface area (Å²) >= 11 is 0. The number of aromatic nitrogens is 2. The number of nitrogens with zero attached hydrogens (tertiary/aromatic N) is 3. The molecule has 2 heterocycles. The highest BCUT2D eigenvalue weighted by Gasteiger charge is 2.25. The van der Waals surface area contributed by atoms with Crippen LogP contribution in [-0.2, 0) is 6.42 Å². The van der Waals surface area contributed by atoms with E-state index in [-0.39, 0.29) is 11.9 Å². The van der Waals surface area contributed by atoms with Crippen LogP contribution in [-0.4, -0.2) is 33.1 Å². The van der Waals surface area contributed by atoms with Gasteiger partial charge in [0.2, 0.25) is 0 Å². The molecule has 2 atom stereocenters. The number of hydrogen-bond donors (Lipinski definition) is 2. The molecule has 1 aromatic carbocycles. The second kappa shape index (κ2) is 8.38. The molecule has 0 spiro atoms. The van der Waals surface area contributed by atoms with E-state index in [1.165, 1.54) is 0 Å². The highest BCUT2D eigenvalue weighted by atomic mass is 16.3. The lowest BCUT2D eigenvalue weighted by molar-refractivity contribution is 0.0714. The van der Waals surface area contributed by atoms with Gasteiger partial charge in [0.25, 0.3) is 5.91 Å². The third-order valence-corrected chi connectivity index (χ3v) is 5.41. The number of benzene rings is 1. The molecule has 146 valence electrons. The number of rotatable bonds is 4. The Morgan fingerprint density at radius 2 is 2.03 bits per heavy atom. The van der Waals surface area contributed by atoms with Crippen LogP contribution >= 0.6 is 0 Å². The molecule has 1 saturated carbocycles. The largest absolute Gasteiger partial charge is 0.391 e. The Morgan fingerprint density at radius 3 is 2.79 bits per heavy atom. The molecule has 0 radical (unpaired) electrons. The number of amides is 1. The molecule has 3 aromatic rings. The van der Waals surface area contributed by atoms with Gasteiger partial charge < -0.3 is 10.4 Å². The lowest BCUT2D eigenvalue weighted by Crippen LogP contribution is -2.45. The van der Waals surface area contributed by atoms with E-state index < -0.39 is 6.10 Å². The molecule has 29 heavy (non-hydrogen) atoms. The van der Waals surface area contributed by atoms with Crippen LogP contribution in [0.1, 0.15) is 53.0 Å². The molecule has 4 rings (SSSR count). The minimum Gasteiger partial charge on any atom is -0.391 e. The normalized spacial score (nSPS) is 18.9. The van der Waals surface area contributed by atoms with Gasteiger partial charge in [-0.2, -0.15) is 5.26 Å². The third-order valence-electron chi connectivity index (χ3n) is 5.41. The molecule has 6 heteroatoms. The number of para-hydroxylation sites is 1. The maximum atomic E-state index is 12.9. The maximum Gasteiger partial charge on any atom is 0.270 e. The van der Waals surface area contributed by atoms with E-state index in [1.807, 2.05) is 42.5 Å². The summed E-state index contributed by atoms with van der Waals surface area (Å²) in [4.78, 5) is 21.5. The van der Waals surface area contributed by atoms with Crippen molar-refractivity contribution in [2.45, 2.75) is 44.2 Å². The van der Waals surface area contributed by atoms with E-state index >= 15 is 0 Å². The molecule has 0 aliphatic heterocycles. The monoisotopic (exact) mass is 386 g/mol. The van der Waals surface area contributed by atoms with Crippen molar-refractivity contribution in [1.82, 2.24) is 15.3 Å². The van der Waals surface area contributed by atoms with Gasteiger partial charge in [0.05, 0.1) is 17.7 Å². The quantitative estimate of drug-likeness (QED) is 0.718. The number of carbonyl (C=O) groups is 1. The van der Waals surface area contributed by atoms with E-state index in [4.69, 9.17) is 5.26 Å². The molecule has 1 amide bonds. The van der Waals surface area contributed by atoms with Crippen LogP contribution < -0.4 is 5.32 Å². The first-order valence-corrected chi connectivity index (χ1v) is 9.86. The molecular weight excluding hydrogens is 364 g/mol. The fourth-order valence-corrected chi connectivity index (χ4v) is 3.85. The second-order valence-corrected chi connectivity index (χ2v) is 7.46. The minimum atomic E-state index is -0.502. The van der Waals surface area contributed by atoms with Crippen LogP contribution in [0.3, 0.4) is 0 Å². The summed E-state index contributed by atoms with van der Waals surface area (Å²) in [6.07, 6.45) is 5.25. The summed E-state index contributed by atoms with van der Waals surface area (Å²) in [5.41, 5.74) is 3.39. The Bertz CT molecular complexity index is 1070. The van der Waals surface area contributed by atoms with Gasteiger partial charge in [-0.25, -0.2) is 9.97 Å². The van der Waals surface area contributed by atoms with Crippen molar-refractivity contribution in [3.05, 3.63) is 71.2 Å². The van der Waals surface area contributed by atoms with E-state index in [1.54, 1.807) is 12.3 Å².